The van der Waals surface area contributed by atoms with Crippen molar-refractivity contribution in [2.45, 2.75) is 32.4 Å². The van der Waals surface area contributed by atoms with Crippen LogP contribution < -0.4 is 10.9 Å². The van der Waals surface area contributed by atoms with Crippen molar-refractivity contribution in [1.82, 2.24) is 14.8 Å². The van der Waals surface area contributed by atoms with Gasteiger partial charge < -0.3 is 5.32 Å². The van der Waals surface area contributed by atoms with Crippen LogP contribution in [0.15, 0.2) is 35.3 Å². The zero-order valence-corrected chi connectivity index (χ0v) is 10.8. The highest BCUT2D eigenvalue weighted by Gasteiger charge is 2.21. The fourth-order valence-electron chi connectivity index (χ4n) is 1.94. The third kappa shape index (κ3) is 2.99. The fraction of sp³-hybridized carbons (Fsp3) is 0.357. The van der Waals surface area contributed by atoms with Crippen LogP contribution in [0.5, 0.6) is 0 Å². The average Bonchev–Trinajstić information content (AvgIpc) is 3.17. The van der Waals surface area contributed by atoms with Crippen LogP contribution in [-0.2, 0) is 6.54 Å². The van der Waals surface area contributed by atoms with Gasteiger partial charge in [0.15, 0.2) is 0 Å². The van der Waals surface area contributed by atoms with Crippen molar-refractivity contribution < 1.29 is 0 Å². The molecule has 2 heterocycles. The Labute approximate surface area is 111 Å². The molecule has 0 aliphatic heterocycles. The lowest BCUT2D eigenvalue weighted by Crippen LogP contribution is -2.23. The highest BCUT2D eigenvalue weighted by Crippen LogP contribution is 2.23. The molecule has 2 aromatic rings. The number of hydrogen-bond acceptors (Lipinski definition) is 4. The van der Waals surface area contributed by atoms with Crippen LogP contribution in [0.3, 0.4) is 0 Å². The zero-order chi connectivity index (χ0) is 13.2. The molecule has 0 bridgehead atoms. The van der Waals surface area contributed by atoms with Crippen LogP contribution in [-0.4, -0.2) is 20.8 Å². The summed E-state index contributed by atoms with van der Waals surface area (Å²) in [4.78, 5) is 16.3. The SMILES string of the molecule is Cc1cccc(Cn2ncc(NC3CC3)cc2=O)n1. The predicted octanol–water partition coefficient (Wildman–Crippen LogP) is 1.57. The van der Waals surface area contributed by atoms with Gasteiger partial charge in [0.05, 0.1) is 24.1 Å². The van der Waals surface area contributed by atoms with Crippen molar-refractivity contribution in [2.75, 3.05) is 5.32 Å². The second-order valence-corrected chi connectivity index (χ2v) is 4.93. The summed E-state index contributed by atoms with van der Waals surface area (Å²) in [6.07, 6.45) is 4.06. The maximum absolute atomic E-state index is 12.0. The van der Waals surface area contributed by atoms with E-state index in [4.69, 9.17) is 0 Å². The van der Waals surface area contributed by atoms with Gasteiger partial charge in [-0.2, -0.15) is 5.10 Å². The van der Waals surface area contributed by atoms with E-state index < -0.39 is 0 Å². The van der Waals surface area contributed by atoms with E-state index in [1.54, 1.807) is 12.3 Å². The Kier molecular flexibility index (Phi) is 3.03. The molecule has 1 N–H and O–H groups in total. The number of nitrogens with zero attached hydrogens (tertiary/aromatic N) is 3. The van der Waals surface area contributed by atoms with Crippen LogP contribution in [0.25, 0.3) is 0 Å². The molecular formula is C14H16N4O. The first-order chi connectivity index (χ1) is 9.20. The van der Waals surface area contributed by atoms with Crippen molar-refractivity contribution in [2.24, 2.45) is 0 Å². The van der Waals surface area contributed by atoms with Crippen molar-refractivity contribution in [3.8, 4) is 0 Å². The Morgan fingerprint density at radius 1 is 1.42 bits per heavy atom. The van der Waals surface area contributed by atoms with Crippen LogP contribution in [0.2, 0.25) is 0 Å². The molecule has 98 valence electrons. The molecular weight excluding hydrogens is 240 g/mol. The first kappa shape index (κ1) is 11.9. The molecule has 5 nitrogen and oxygen atoms in total. The van der Waals surface area contributed by atoms with E-state index in [2.05, 4.69) is 15.4 Å². The first-order valence-corrected chi connectivity index (χ1v) is 6.47. The Morgan fingerprint density at radius 2 is 2.26 bits per heavy atom. The topological polar surface area (TPSA) is 59.8 Å². The standard InChI is InChI=1S/C14H16N4O/c1-10-3-2-4-12(16-10)9-18-14(19)7-13(8-15-18)17-11-5-6-11/h2-4,7-8,11,17H,5-6,9H2,1H3. The molecule has 1 fully saturated rings. The summed E-state index contributed by atoms with van der Waals surface area (Å²) in [6, 6.07) is 7.89. The second-order valence-electron chi connectivity index (χ2n) is 4.93. The van der Waals surface area contributed by atoms with Crippen LogP contribution in [0.1, 0.15) is 24.2 Å². The van der Waals surface area contributed by atoms with Crippen LogP contribution >= 0.6 is 0 Å². The van der Waals surface area contributed by atoms with Gasteiger partial charge in [0.1, 0.15) is 0 Å². The second kappa shape index (κ2) is 4.84. The Hall–Kier alpha value is -2.17. The third-order valence-corrected chi connectivity index (χ3v) is 3.08. The van der Waals surface area contributed by atoms with Gasteiger partial charge in [-0.3, -0.25) is 9.78 Å². The Morgan fingerprint density at radius 3 is 2.95 bits per heavy atom. The maximum atomic E-state index is 12.0. The van der Waals surface area contributed by atoms with Gasteiger partial charge in [-0.15, -0.1) is 0 Å². The van der Waals surface area contributed by atoms with Crippen LogP contribution in [0.4, 0.5) is 5.69 Å². The molecule has 0 atom stereocenters. The number of nitrogens with one attached hydrogen (secondary N) is 1. The normalized spacial score (nSPS) is 14.4. The smallest absolute Gasteiger partial charge is 0.269 e. The van der Waals surface area contributed by atoms with Gasteiger partial charge in [0.25, 0.3) is 5.56 Å². The van der Waals surface area contributed by atoms with E-state index in [0.717, 1.165) is 17.1 Å². The minimum Gasteiger partial charge on any atom is -0.381 e. The molecule has 1 saturated carbocycles. The van der Waals surface area contributed by atoms with Gasteiger partial charge in [0.2, 0.25) is 0 Å². The summed E-state index contributed by atoms with van der Waals surface area (Å²) in [5.41, 5.74) is 2.49. The van der Waals surface area contributed by atoms with Crippen molar-refractivity contribution in [3.05, 3.63) is 52.2 Å². The molecule has 0 unspecified atom stereocenters. The highest BCUT2D eigenvalue weighted by atomic mass is 16.1. The molecule has 0 amide bonds. The molecule has 1 aliphatic carbocycles. The van der Waals surface area contributed by atoms with Crippen molar-refractivity contribution in [1.29, 1.82) is 0 Å². The zero-order valence-electron chi connectivity index (χ0n) is 10.8. The molecule has 5 heteroatoms. The molecule has 0 radical (unpaired) electrons. The summed E-state index contributed by atoms with van der Waals surface area (Å²) < 4.78 is 1.43. The van der Waals surface area contributed by atoms with E-state index >= 15 is 0 Å². The van der Waals surface area contributed by atoms with Crippen molar-refractivity contribution >= 4 is 5.69 Å². The number of anilines is 1. The number of hydrogen-bond donors (Lipinski definition) is 1. The van der Waals surface area contributed by atoms with E-state index in [0.29, 0.717) is 12.6 Å². The minimum absolute atomic E-state index is 0.103. The predicted molar refractivity (Wildman–Crippen MR) is 73.2 cm³/mol. The fourth-order valence-corrected chi connectivity index (χ4v) is 1.94. The van der Waals surface area contributed by atoms with E-state index in [9.17, 15) is 4.79 Å². The first-order valence-electron chi connectivity index (χ1n) is 6.47. The van der Waals surface area contributed by atoms with E-state index in [-0.39, 0.29) is 5.56 Å². The van der Waals surface area contributed by atoms with Gasteiger partial charge in [0, 0.05) is 17.8 Å². The molecule has 0 spiro atoms. The van der Waals surface area contributed by atoms with Gasteiger partial charge in [-0.1, -0.05) is 6.07 Å². The van der Waals surface area contributed by atoms with Gasteiger partial charge >= 0.3 is 0 Å². The van der Waals surface area contributed by atoms with E-state index in [1.807, 2.05) is 25.1 Å². The monoisotopic (exact) mass is 256 g/mol. The summed E-state index contributed by atoms with van der Waals surface area (Å²) in [6.45, 7) is 2.34. The Bertz CT molecular complexity index is 646. The minimum atomic E-state index is -0.103. The molecule has 2 aromatic heterocycles. The Balaban J connectivity index is 1.79. The van der Waals surface area contributed by atoms with E-state index in [1.165, 1.54) is 17.5 Å². The van der Waals surface area contributed by atoms with Crippen molar-refractivity contribution in [3.63, 3.8) is 0 Å². The number of pyridine rings is 1. The highest BCUT2D eigenvalue weighted by molar-refractivity contribution is 5.41. The summed E-state index contributed by atoms with van der Waals surface area (Å²) in [5, 5.41) is 7.45. The molecule has 19 heavy (non-hydrogen) atoms. The summed E-state index contributed by atoms with van der Waals surface area (Å²) in [7, 11) is 0. The third-order valence-electron chi connectivity index (χ3n) is 3.08. The van der Waals surface area contributed by atoms with Gasteiger partial charge in [-0.05, 0) is 31.9 Å². The molecule has 0 saturated heterocycles. The number of aromatic nitrogens is 3. The molecule has 3 rings (SSSR count). The largest absolute Gasteiger partial charge is 0.381 e. The number of rotatable bonds is 4. The maximum Gasteiger partial charge on any atom is 0.269 e. The summed E-state index contributed by atoms with van der Waals surface area (Å²) >= 11 is 0. The lowest BCUT2D eigenvalue weighted by Gasteiger charge is -2.07. The lowest BCUT2D eigenvalue weighted by molar-refractivity contribution is 0.627. The average molecular weight is 256 g/mol. The van der Waals surface area contributed by atoms with Gasteiger partial charge in [-0.25, -0.2) is 4.68 Å². The number of aryl methyl sites for hydroxylation is 1. The lowest BCUT2D eigenvalue weighted by atomic mass is 10.3. The molecule has 0 aromatic carbocycles. The quantitative estimate of drug-likeness (QED) is 0.902. The van der Waals surface area contributed by atoms with Crippen LogP contribution in [0, 0.1) is 6.92 Å². The molecule has 1 aliphatic rings. The summed E-state index contributed by atoms with van der Waals surface area (Å²) in [5.74, 6) is 0.